The zero-order valence-electron chi connectivity index (χ0n) is 14.6. The second kappa shape index (κ2) is 6.92. The minimum Gasteiger partial charge on any atom is -0.497 e. The molecule has 0 aliphatic carbocycles. The van der Waals surface area contributed by atoms with Gasteiger partial charge < -0.3 is 13.9 Å². The van der Waals surface area contributed by atoms with Crippen molar-refractivity contribution >= 4 is 16.9 Å². The molecule has 6 nitrogen and oxygen atoms in total. The van der Waals surface area contributed by atoms with E-state index >= 15 is 0 Å². The van der Waals surface area contributed by atoms with Crippen molar-refractivity contribution in [2.45, 2.75) is 20.0 Å². The van der Waals surface area contributed by atoms with Gasteiger partial charge in [-0.05, 0) is 49.2 Å². The average molecular weight is 353 g/mol. The molecule has 2 aromatic carbocycles. The van der Waals surface area contributed by atoms with Crippen LogP contribution in [0.3, 0.4) is 0 Å². The SMILES string of the molecule is COc1ccc(-c2cc(=O)oc3c(C)c(O[C@H](C)C([O])=O)ccc23)cc1. The van der Waals surface area contributed by atoms with Gasteiger partial charge in [-0.25, -0.2) is 14.7 Å². The molecule has 1 radical (unpaired) electrons. The van der Waals surface area contributed by atoms with E-state index in [0.717, 1.165) is 10.9 Å². The Morgan fingerprint density at radius 2 is 1.81 bits per heavy atom. The monoisotopic (exact) mass is 353 g/mol. The summed E-state index contributed by atoms with van der Waals surface area (Å²) in [5.74, 6) is -0.286. The molecular weight excluding hydrogens is 336 g/mol. The quantitative estimate of drug-likeness (QED) is 0.655. The molecular formula is C20H17O6. The van der Waals surface area contributed by atoms with Gasteiger partial charge in [0.05, 0.1) is 7.11 Å². The maximum absolute atomic E-state index is 12.1. The topological polar surface area (TPSA) is 85.6 Å². The summed E-state index contributed by atoms with van der Waals surface area (Å²) in [7, 11) is 1.58. The molecule has 0 spiro atoms. The highest BCUT2D eigenvalue weighted by Crippen LogP contribution is 2.34. The van der Waals surface area contributed by atoms with Crippen LogP contribution in [0.1, 0.15) is 12.5 Å². The Morgan fingerprint density at radius 3 is 2.42 bits per heavy atom. The fourth-order valence-electron chi connectivity index (χ4n) is 2.72. The molecule has 133 valence electrons. The molecule has 0 aliphatic heterocycles. The Hall–Kier alpha value is -3.28. The molecule has 6 heteroatoms. The zero-order chi connectivity index (χ0) is 18.8. The number of carbonyl (C=O) groups is 1. The lowest BCUT2D eigenvalue weighted by Crippen LogP contribution is -2.22. The van der Waals surface area contributed by atoms with Crippen molar-refractivity contribution < 1.29 is 23.8 Å². The molecule has 0 unspecified atom stereocenters. The maximum atomic E-state index is 12.1. The summed E-state index contributed by atoms with van der Waals surface area (Å²) in [5.41, 5.74) is 1.94. The molecule has 0 saturated carbocycles. The van der Waals surface area contributed by atoms with Crippen LogP contribution in [0.15, 0.2) is 51.7 Å². The van der Waals surface area contributed by atoms with Gasteiger partial charge in [0.15, 0.2) is 6.10 Å². The lowest BCUT2D eigenvalue weighted by Gasteiger charge is -2.14. The number of carbonyl (C=O) groups excluding carboxylic acids is 1. The second-order valence-electron chi connectivity index (χ2n) is 5.85. The van der Waals surface area contributed by atoms with Gasteiger partial charge in [0.2, 0.25) is 0 Å². The van der Waals surface area contributed by atoms with E-state index in [1.807, 2.05) is 24.3 Å². The molecule has 3 rings (SSSR count). The number of benzene rings is 2. The summed E-state index contributed by atoms with van der Waals surface area (Å²) >= 11 is 0. The van der Waals surface area contributed by atoms with Crippen molar-refractivity contribution in [3.05, 3.63) is 58.4 Å². The number of rotatable bonds is 5. The standard InChI is InChI=1S/C20H17O6/c1-11-17(25-12(2)20(22)23)9-8-15-16(10-18(21)26-19(11)15)13-4-6-14(24-3)7-5-13/h4-10,12H,1-3H3/t12-/m1/s1. The highest BCUT2D eigenvalue weighted by molar-refractivity contribution is 5.95. The maximum Gasteiger partial charge on any atom is 0.395 e. The van der Waals surface area contributed by atoms with Crippen LogP contribution in [0, 0.1) is 6.92 Å². The normalized spacial score (nSPS) is 12.0. The summed E-state index contributed by atoms with van der Waals surface area (Å²) in [6.07, 6.45) is -1.12. The number of hydrogen-bond donors (Lipinski definition) is 0. The predicted molar refractivity (Wildman–Crippen MR) is 95.0 cm³/mol. The highest BCUT2D eigenvalue weighted by Gasteiger charge is 2.18. The third-order valence-corrected chi connectivity index (χ3v) is 4.15. The van der Waals surface area contributed by atoms with Crippen molar-refractivity contribution in [1.29, 1.82) is 0 Å². The molecule has 1 atom stereocenters. The first kappa shape index (κ1) is 17.5. The first-order chi connectivity index (χ1) is 12.4. The van der Waals surface area contributed by atoms with Gasteiger partial charge in [0, 0.05) is 17.0 Å². The molecule has 26 heavy (non-hydrogen) atoms. The van der Waals surface area contributed by atoms with Gasteiger partial charge in [-0.2, -0.15) is 0 Å². The van der Waals surface area contributed by atoms with E-state index in [1.165, 1.54) is 13.0 Å². The third-order valence-electron chi connectivity index (χ3n) is 4.15. The molecule has 1 aromatic heterocycles. The van der Waals surface area contributed by atoms with Gasteiger partial charge in [0.1, 0.15) is 17.1 Å². The van der Waals surface area contributed by atoms with Crippen LogP contribution in [0.25, 0.3) is 22.1 Å². The van der Waals surface area contributed by atoms with Crippen molar-refractivity contribution in [2.75, 3.05) is 7.11 Å². The van der Waals surface area contributed by atoms with Gasteiger partial charge in [0.25, 0.3) is 0 Å². The fraction of sp³-hybridized carbons (Fsp3) is 0.200. The van der Waals surface area contributed by atoms with Crippen molar-refractivity contribution in [3.63, 3.8) is 0 Å². The Balaban J connectivity index is 2.15. The van der Waals surface area contributed by atoms with Crippen LogP contribution in [-0.4, -0.2) is 19.2 Å². The van der Waals surface area contributed by atoms with Crippen LogP contribution in [0.5, 0.6) is 11.5 Å². The first-order valence-corrected chi connectivity index (χ1v) is 8.00. The Bertz CT molecular complexity index is 1020. The molecule has 0 fully saturated rings. The number of aryl methyl sites for hydroxylation is 1. The van der Waals surface area contributed by atoms with Gasteiger partial charge in [-0.15, -0.1) is 0 Å². The highest BCUT2D eigenvalue weighted by atomic mass is 16.5. The summed E-state index contributed by atoms with van der Waals surface area (Å²) in [4.78, 5) is 23.0. The van der Waals surface area contributed by atoms with Gasteiger partial charge >= 0.3 is 11.6 Å². The average Bonchev–Trinajstić information content (AvgIpc) is 2.63. The minimum absolute atomic E-state index is 0.323. The van der Waals surface area contributed by atoms with Crippen LogP contribution in [0.4, 0.5) is 0 Å². The molecule has 0 bridgehead atoms. The van der Waals surface area contributed by atoms with Crippen LogP contribution in [-0.2, 0) is 9.90 Å². The predicted octanol–water partition coefficient (Wildman–Crippen LogP) is 3.50. The summed E-state index contributed by atoms with van der Waals surface area (Å²) in [6, 6.07) is 12.1. The van der Waals surface area contributed by atoms with Crippen LogP contribution >= 0.6 is 0 Å². The van der Waals surface area contributed by atoms with E-state index in [0.29, 0.717) is 28.2 Å². The Labute approximate surface area is 149 Å². The van der Waals surface area contributed by atoms with Gasteiger partial charge in [-0.1, -0.05) is 12.1 Å². The lowest BCUT2D eigenvalue weighted by atomic mass is 10.00. The van der Waals surface area contributed by atoms with E-state index < -0.39 is 17.7 Å². The van der Waals surface area contributed by atoms with Crippen LogP contribution < -0.4 is 15.1 Å². The summed E-state index contributed by atoms with van der Waals surface area (Å²) in [5, 5.41) is 11.6. The van der Waals surface area contributed by atoms with Crippen LogP contribution in [0.2, 0.25) is 0 Å². The largest absolute Gasteiger partial charge is 0.497 e. The van der Waals surface area contributed by atoms with Crippen molar-refractivity contribution in [1.82, 2.24) is 0 Å². The molecule has 0 saturated heterocycles. The van der Waals surface area contributed by atoms with E-state index in [2.05, 4.69) is 0 Å². The fourth-order valence-corrected chi connectivity index (χ4v) is 2.72. The van der Waals surface area contributed by atoms with E-state index in [9.17, 15) is 14.7 Å². The van der Waals surface area contributed by atoms with E-state index in [1.54, 1.807) is 26.2 Å². The number of hydrogen-bond acceptors (Lipinski definition) is 5. The number of methoxy groups -OCH3 is 1. The zero-order valence-corrected chi connectivity index (χ0v) is 14.6. The molecule has 3 aromatic rings. The van der Waals surface area contributed by atoms with Crippen molar-refractivity contribution in [2.24, 2.45) is 0 Å². The Kier molecular flexibility index (Phi) is 4.67. The summed E-state index contributed by atoms with van der Waals surface area (Å²) < 4.78 is 15.9. The number of fused-ring (bicyclic) bond motifs is 1. The third kappa shape index (κ3) is 3.26. The molecule has 0 amide bonds. The molecule has 0 aliphatic rings. The van der Waals surface area contributed by atoms with Crippen molar-refractivity contribution in [3.8, 4) is 22.6 Å². The number of ether oxygens (including phenoxy) is 2. The second-order valence-corrected chi connectivity index (χ2v) is 5.85. The minimum atomic E-state index is -1.32. The smallest absolute Gasteiger partial charge is 0.395 e. The Morgan fingerprint density at radius 1 is 1.12 bits per heavy atom. The van der Waals surface area contributed by atoms with E-state index in [-0.39, 0.29) is 0 Å². The van der Waals surface area contributed by atoms with Gasteiger partial charge in [-0.3, -0.25) is 0 Å². The lowest BCUT2D eigenvalue weighted by molar-refractivity contribution is -0.150. The van der Waals surface area contributed by atoms with E-state index in [4.69, 9.17) is 13.9 Å². The molecule has 0 N–H and O–H groups in total. The summed E-state index contributed by atoms with van der Waals surface area (Å²) in [6.45, 7) is 3.09. The first-order valence-electron chi connectivity index (χ1n) is 8.00. The molecule has 1 heterocycles.